The second kappa shape index (κ2) is 6.12. The van der Waals surface area contributed by atoms with Crippen LogP contribution in [-0.4, -0.2) is 35.3 Å². The van der Waals surface area contributed by atoms with Crippen molar-refractivity contribution in [1.29, 1.82) is 0 Å². The first-order chi connectivity index (χ1) is 11.0. The molecule has 0 saturated carbocycles. The molecule has 0 aliphatic carbocycles. The van der Waals surface area contributed by atoms with E-state index in [-0.39, 0.29) is 23.8 Å². The van der Waals surface area contributed by atoms with E-state index in [4.69, 9.17) is 9.47 Å². The van der Waals surface area contributed by atoms with Gasteiger partial charge < -0.3 is 14.0 Å². The zero-order valence-corrected chi connectivity index (χ0v) is 13.2. The van der Waals surface area contributed by atoms with Crippen molar-refractivity contribution in [3.05, 3.63) is 53.9 Å². The van der Waals surface area contributed by atoms with E-state index in [2.05, 4.69) is 4.98 Å². The summed E-state index contributed by atoms with van der Waals surface area (Å²) >= 11 is 0. The van der Waals surface area contributed by atoms with Gasteiger partial charge in [0.05, 0.1) is 25.6 Å². The summed E-state index contributed by atoms with van der Waals surface area (Å²) in [6.45, 7) is 5.14. The van der Waals surface area contributed by atoms with Crippen molar-refractivity contribution in [3.8, 4) is 0 Å². The maximum absolute atomic E-state index is 14.0. The molecule has 3 rings (SSSR count). The summed E-state index contributed by atoms with van der Waals surface area (Å²) in [6, 6.07) is 9.32. The van der Waals surface area contributed by atoms with Crippen LogP contribution in [0.15, 0.2) is 36.7 Å². The van der Waals surface area contributed by atoms with Crippen LogP contribution < -0.4 is 0 Å². The van der Waals surface area contributed by atoms with E-state index in [1.807, 2.05) is 44.2 Å². The third-order valence-electron chi connectivity index (χ3n) is 4.09. The van der Waals surface area contributed by atoms with Gasteiger partial charge in [-0.25, -0.2) is 9.78 Å². The van der Waals surface area contributed by atoms with Gasteiger partial charge >= 0.3 is 5.97 Å². The summed E-state index contributed by atoms with van der Waals surface area (Å²) in [5.41, 5.74) is 0.630. The largest absolute Gasteiger partial charge is 0.460 e. The lowest BCUT2D eigenvalue weighted by atomic mass is 9.90. The topological polar surface area (TPSA) is 53.4 Å². The third-order valence-corrected chi connectivity index (χ3v) is 4.09. The Morgan fingerprint density at radius 2 is 2.13 bits per heavy atom. The van der Waals surface area contributed by atoms with Gasteiger partial charge in [-0.1, -0.05) is 37.3 Å². The Morgan fingerprint density at radius 1 is 1.43 bits per heavy atom. The summed E-state index contributed by atoms with van der Waals surface area (Å²) in [6.07, 6.45) is 1.33. The maximum atomic E-state index is 14.0. The summed E-state index contributed by atoms with van der Waals surface area (Å²) in [7, 11) is 0. The average molecular weight is 318 g/mol. The highest BCUT2D eigenvalue weighted by molar-refractivity contribution is 5.87. The molecule has 0 bridgehead atoms. The van der Waals surface area contributed by atoms with E-state index >= 15 is 0 Å². The Labute approximate surface area is 134 Å². The van der Waals surface area contributed by atoms with E-state index in [9.17, 15) is 9.18 Å². The number of carbonyl (C=O) groups is 1. The van der Waals surface area contributed by atoms with Crippen LogP contribution in [0.1, 0.15) is 35.9 Å². The Balaban J connectivity index is 1.79. The van der Waals surface area contributed by atoms with Gasteiger partial charge in [0.2, 0.25) is 5.95 Å². The monoisotopic (exact) mass is 318 g/mol. The van der Waals surface area contributed by atoms with Crippen molar-refractivity contribution in [2.24, 2.45) is 5.41 Å². The van der Waals surface area contributed by atoms with E-state index < -0.39 is 11.9 Å². The number of hydrogen-bond donors (Lipinski definition) is 0. The number of carbonyl (C=O) groups excluding carboxylic acids is 1. The van der Waals surface area contributed by atoms with Crippen LogP contribution in [0.2, 0.25) is 0 Å². The number of ether oxygens (including phenoxy) is 2. The van der Waals surface area contributed by atoms with Crippen LogP contribution in [0.25, 0.3) is 0 Å². The molecule has 1 aliphatic heterocycles. The SMILES string of the molecule is CC(c1ccccc1)n1cnc(F)c1C(=O)OCC1(C)COC1. The molecule has 5 nitrogen and oxygen atoms in total. The van der Waals surface area contributed by atoms with Crippen LogP contribution >= 0.6 is 0 Å². The molecule has 1 unspecified atom stereocenters. The van der Waals surface area contributed by atoms with Crippen LogP contribution in [0, 0.1) is 11.4 Å². The van der Waals surface area contributed by atoms with Crippen LogP contribution in [-0.2, 0) is 9.47 Å². The highest BCUT2D eigenvalue weighted by atomic mass is 19.1. The van der Waals surface area contributed by atoms with Gasteiger partial charge in [-0.15, -0.1) is 0 Å². The molecule has 1 aromatic carbocycles. The van der Waals surface area contributed by atoms with Crippen molar-refractivity contribution in [3.63, 3.8) is 0 Å². The number of halogens is 1. The molecule has 0 amide bonds. The number of hydrogen-bond acceptors (Lipinski definition) is 4. The Bertz CT molecular complexity index is 695. The third kappa shape index (κ3) is 3.12. The standard InChI is InChI=1S/C17H19FN2O3/c1-12(13-6-4-3-5-7-13)20-11-19-15(18)14(20)16(21)23-10-17(2)8-22-9-17/h3-7,11-12H,8-10H2,1-2H3. The fourth-order valence-corrected chi connectivity index (χ4v) is 2.56. The Kier molecular flexibility index (Phi) is 4.17. The lowest BCUT2D eigenvalue weighted by Gasteiger charge is -2.37. The number of imidazole rings is 1. The van der Waals surface area contributed by atoms with Crippen molar-refractivity contribution in [2.45, 2.75) is 19.9 Å². The predicted octanol–water partition coefficient (Wildman–Crippen LogP) is 2.82. The molecule has 1 aliphatic rings. The van der Waals surface area contributed by atoms with Crippen molar-refractivity contribution >= 4 is 5.97 Å². The van der Waals surface area contributed by atoms with E-state index in [0.717, 1.165) is 5.56 Å². The molecule has 0 spiro atoms. The van der Waals surface area contributed by atoms with E-state index in [1.54, 1.807) is 0 Å². The number of benzene rings is 1. The molecule has 122 valence electrons. The fraction of sp³-hybridized carbons (Fsp3) is 0.412. The molecular weight excluding hydrogens is 299 g/mol. The molecule has 1 aromatic heterocycles. The predicted molar refractivity (Wildman–Crippen MR) is 81.6 cm³/mol. The van der Waals surface area contributed by atoms with Crippen LogP contribution in [0.5, 0.6) is 0 Å². The number of nitrogens with zero attached hydrogens (tertiary/aromatic N) is 2. The molecule has 2 heterocycles. The molecule has 23 heavy (non-hydrogen) atoms. The normalized spacial score (nSPS) is 17.3. The number of esters is 1. The van der Waals surface area contributed by atoms with Gasteiger partial charge in [0.25, 0.3) is 0 Å². The minimum Gasteiger partial charge on any atom is -0.460 e. The van der Waals surface area contributed by atoms with Gasteiger partial charge in [0.1, 0.15) is 6.61 Å². The zero-order valence-electron chi connectivity index (χ0n) is 13.2. The molecule has 0 radical (unpaired) electrons. The van der Waals surface area contributed by atoms with Crippen molar-refractivity contribution in [1.82, 2.24) is 9.55 Å². The maximum Gasteiger partial charge on any atom is 0.359 e. The van der Waals surface area contributed by atoms with E-state index in [1.165, 1.54) is 10.9 Å². The minimum absolute atomic E-state index is 0.148. The number of rotatable bonds is 5. The van der Waals surface area contributed by atoms with E-state index in [0.29, 0.717) is 13.2 Å². The minimum atomic E-state index is -0.812. The molecule has 0 N–H and O–H groups in total. The smallest absolute Gasteiger partial charge is 0.359 e. The Morgan fingerprint density at radius 3 is 2.74 bits per heavy atom. The van der Waals surface area contributed by atoms with Gasteiger partial charge in [-0.05, 0) is 12.5 Å². The first-order valence-electron chi connectivity index (χ1n) is 7.52. The second-order valence-corrected chi connectivity index (χ2v) is 6.26. The van der Waals surface area contributed by atoms with Gasteiger partial charge in [-0.3, -0.25) is 0 Å². The highest BCUT2D eigenvalue weighted by Crippen LogP contribution is 2.27. The highest BCUT2D eigenvalue weighted by Gasteiger charge is 2.36. The summed E-state index contributed by atoms with van der Waals surface area (Å²) < 4.78 is 25.9. The average Bonchev–Trinajstić information content (AvgIpc) is 2.92. The molecule has 6 heteroatoms. The van der Waals surface area contributed by atoms with Gasteiger partial charge in [0.15, 0.2) is 5.69 Å². The first kappa shape index (κ1) is 15.7. The molecule has 1 atom stereocenters. The first-order valence-corrected chi connectivity index (χ1v) is 7.52. The lowest BCUT2D eigenvalue weighted by Crippen LogP contribution is -2.44. The summed E-state index contributed by atoms with van der Waals surface area (Å²) in [5, 5.41) is 0. The van der Waals surface area contributed by atoms with Gasteiger partial charge in [0, 0.05) is 5.41 Å². The van der Waals surface area contributed by atoms with Crippen LogP contribution in [0.3, 0.4) is 0 Å². The summed E-state index contributed by atoms with van der Waals surface area (Å²) in [5.74, 6) is -1.51. The lowest BCUT2D eigenvalue weighted by molar-refractivity contribution is -0.127. The fourth-order valence-electron chi connectivity index (χ4n) is 2.56. The summed E-state index contributed by atoms with van der Waals surface area (Å²) in [4.78, 5) is 15.9. The molecule has 1 saturated heterocycles. The van der Waals surface area contributed by atoms with Gasteiger partial charge in [-0.2, -0.15) is 4.39 Å². The van der Waals surface area contributed by atoms with Crippen LogP contribution in [0.4, 0.5) is 4.39 Å². The molecule has 2 aromatic rings. The molecular formula is C17H19FN2O3. The van der Waals surface area contributed by atoms with Crippen molar-refractivity contribution < 1.29 is 18.7 Å². The quantitative estimate of drug-likeness (QED) is 0.796. The second-order valence-electron chi connectivity index (χ2n) is 6.26. The zero-order chi connectivity index (χ0) is 16.4. The Hall–Kier alpha value is -2.21. The van der Waals surface area contributed by atoms with Crippen molar-refractivity contribution in [2.75, 3.05) is 19.8 Å². The number of aromatic nitrogens is 2. The molecule has 1 fully saturated rings.